The van der Waals surface area contributed by atoms with Gasteiger partial charge in [0.15, 0.2) is 0 Å². The van der Waals surface area contributed by atoms with Crippen LogP contribution in [0.3, 0.4) is 0 Å². The molecule has 0 fully saturated rings. The molecule has 0 saturated carbocycles. The molecular weight excluding hydrogens is 292 g/mol. The number of carbonyl (C=O) groups excluding carboxylic acids is 1. The summed E-state index contributed by atoms with van der Waals surface area (Å²) in [5.41, 5.74) is 9.02. The smallest absolute Gasteiger partial charge is 0.251 e. The molecule has 2 aromatic carbocycles. The summed E-state index contributed by atoms with van der Waals surface area (Å²) in [6.07, 6.45) is 0. The van der Waals surface area contributed by atoms with Crippen LogP contribution in [0.5, 0.6) is 0 Å². The highest BCUT2D eigenvalue weighted by Gasteiger charge is 2.09. The topological polar surface area (TPSA) is 55.1 Å². The van der Waals surface area contributed by atoms with Crippen molar-refractivity contribution in [3.05, 3.63) is 71.3 Å². The van der Waals surface area contributed by atoms with Crippen LogP contribution in [0.4, 0.5) is 0 Å². The molecule has 1 amide bonds. The summed E-state index contributed by atoms with van der Waals surface area (Å²) >= 11 is 1.87. The number of nitrogens with one attached hydrogen (secondary N) is 1. The highest BCUT2D eigenvalue weighted by Crippen LogP contribution is 2.13. The molecule has 0 aliphatic carbocycles. The zero-order valence-electron chi connectivity index (χ0n) is 12.8. The maximum atomic E-state index is 12.1. The lowest BCUT2D eigenvalue weighted by atomic mass is 10.1. The molecule has 2 rings (SSSR count). The van der Waals surface area contributed by atoms with Crippen LogP contribution < -0.4 is 11.1 Å². The molecule has 3 N–H and O–H groups in total. The van der Waals surface area contributed by atoms with Crippen molar-refractivity contribution < 1.29 is 4.79 Å². The minimum Gasteiger partial charge on any atom is -0.350 e. The Kier molecular flexibility index (Phi) is 6.49. The fourth-order valence-corrected chi connectivity index (χ4v) is 2.73. The van der Waals surface area contributed by atoms with E-state index in [0.717, 1.165) is 17.1 Å². The van der Waals surface area contributed by atoms with Gasteiger partial charge in [0.25, 0.3) is 5.91 Å². The van der Waals surface area contributed by atoms with E-state index >= 15 is 0 Å². The van der Waals surface area contributed by atoms with E-state index in [1.54, 1.807) is 0 Å². The fraction of sp³-hybridized carbons (Fsp3) is 0.278. The molecule has 0 bridgehead atoms. The highest BCUT2D eigenvalue weighted by atomic mass is 32.2. The van der Waals surface area contributed by atoms with Crippen molar-refractivity contribution >= 4 is 17.7 Å². The predicted molar refractivity (Wildman–Crippen MR) is 94.0 cm³/mol. The summed E-state index contributed by atoms with van der Waals surface area (Å²) in [4.78, 5) is 12.1. The average Bonchev–Trinajstić information content (AvgIpc) is 2.58. The van der Waals surface area contributed by atoms with Gasteiger partial charge in [0.2, 0.25) is 0 Å². The Morgan fingerprint density at radius 3 is 2.45 bits per heavy atom. The lowest BCUT2D eigenvalue weighted by molar-refractivity contribution is 0.0951. The quantitative estimate of drug-likeness (QED) is 0.824. The zero-order valence-corrected chi connectivity index (χ0v) is 13.6. The molecule has 0 aliphatic heterocycles. The lowest BCUT2D eigenvalue weighted by Crippen LogP contribution is -2.31. The number of rotatable bonds is 7. The first-order chi connectivity index (χ1) is 10.7. The van der Waals surface area contributed by atoms with Gasteiger partial charge in [0.05, 0.1) is 0 Å². The van der Waals surface area contributed by atoms with Crippen molar-refractivity contribution in [2.45, 2.75) is 18.7 Å². The van der Waals surface area contributed by atoms with Gasteiger partial charge in [-0.15, -0.1) is 0 Å². The van der Waals surface area contributed by atoms with Crippen LogP contribution in [-0.2, 0) is 5.75 Å². The van der Waals surface area contributed by atoms with E-state index in [0.29, 0.717) is 12.1 Å². The van der Waals surface area contributed by atoms with Crippen LogP contribution in [0, 0.1) is 0 Å². The van der Waals surface area contributed by atoms with E-state index in [9.17, 15) is 4.79 Å². The monoisotopic (exact) mass is 314 g/mol. The van der Waals surface area contributed by atoms with Crippen LogP contribution in [0.1, 0.15) is 34.5 Å². The first-order valence-electron chi connectivity index (χ1n) is 7.46. The van der Waals surface area contributed by atoms with Gasteiger partial charge in [-0.1, -0.05) is 49.4 Å². The van der Waals surface area contributed by atoms with Crippen LogP contribution in [0.25, 0.3) is 0 Å². The molecular formula is C18H22N2OS. The molecule has 0 heterocycles. The molecule has 22 heavy (non-hydrogen) atoms. The third-order valence-electron chi connectivity index (χ3n) is 3.40. The molecule has 0 spiro atoms. The van der Waals surface area contributed by atoms with Crippen molar-refractivity contribution in [1.82, 2.24) is 5.32 Å². The maximum absolute atomic E-state index is 12.1. The summed E-state index contributed by atoms with van der Waals surface area (Å²) in [5, 5.41) is 2.89. The number of thioether (sulfide) groups is 1. The molecule has 0 saturated heterocycles. The molecule has 0 radical (unpaired) electrons. The Morgan fingerprint density at radius 1 is 1.14 bits per heavy atom. The van der Waals surface area contributed by atoms with Gasteiger partial charge in [0, 0.05) is 23.9 Å². The van der Waals surface area contributed by atoms with E-state index < -0.39 is 0 Å². The van der Waals surface area contributed by atoms with Crippen molar-refractivity contribution in [3.63, 3.8) is 0 Å². The minimum atomic E-state index is -0.189. The summed E-state index contributed by atoms with van der Waals surface area (Å²) in [7, 11) is 0. The van der Waals surface area contributed by atoms with Crippen LogP contribution >= 0.6 is 11.8 Å². The van der Waals surface area contributed by atoms with Gasteiger partial charge in [-0.2, -0.15) is 11.8 Å². The Labute approximate surface area is 136 Å². The van der Waals surface area contributed by atoms with Gasteiger partial charge >= 0.3 is 0 Å². The first-order valence-corrected chi connectivity index (χ1v) is 8.61. The third-order valence-corrected chi connectivity index (χ3v) is 4.34. The van der Waals surface area contributed by atoms with Gasteiger partial charge in [0.1, 0.15) is 0 Å². The lowest BCUT2D eigenvalue weighted by Gasteiger charge is -2.13. The van der Waals surface area contributed by atoms with Gasteiger partial charge in [-0.05, 0) is 29.0 Å². The number of nitrogens with two attached hydrogens (primary N) is 1. The number of benzene rings is 2. The Hall–Kier alpha value is -1.78. The first kappa shape index (κ1) is 16.6. The molecule has 3 nitrogen and oxygen atoms in total. The van der Waals surface area contributed by atoms with Crippen LogP contribution in [0.2, 0.25) is 0 Å². The molecule has 116 valence electrons. The van der Waals surface area contributed by atoms with Crippen molar-refractivity contribution in [2.24, 2.45) is 5.73 Å². The summed E-state index contributed by atoms with van der Waals surface area (Å²) in [6.45, 7) is 2.57. The second kappa shape index (κ2) is 8.61. The summed E-state index contributed by atoms with van der Waals surface area (Å²) in [6, 6.07) is 17.4. The zero-order chi connectivity index (χ0) is 15.8. The van der Waals surface area contributed by atoms with E-state index in [1.165, 1.54) is 5.56 Å². The van der Waals surface area contributed by atoms with E-state index in [4.69, 9.17) is 5.73 Å². The molecule has 0 aromatic heterocycles. The standard InChI is InChI=1S/C18H22N2OS/c1-2-22-13-14-8-10-16(11-9-14)18(21)20-12-17(19)15-6-4-3-5-7-15/h3-11,17H,2,12-13,19H2,1H3,(H,20,21). The largest absolute Gasteiger partial charge is 0.350 e. The summed E-state index contributed by atoms with van der Waals surface area (Å²) in [5.74, 6) is 2.00. The molecule has 2 aromatic rings. The van der Waals surface area contributed by atoms with Crippen molar-refractivity contribution in [3.8, 4) is 0 Å². The van der Waals surface area contributed by atoms with Crippen molar-refractivity contribution in [2.75, 3.05) is 12.3 Å². The van der Waals surface area contributed by atoms with Gasteiger partial charge in [-0.25, -0.2) is 0 Å². The Balaban J connectivity index is 1.86. The van der Waals surface area contributed by atoms with Crippen molar-refractivity contribution in [1.29, 1.82) is 0 Å². The summed E-state index contributed by atoms with van der Waals surface area (Å²) < 4.78 is 0. The minimum absolute atomic E-state index is 0.0823. The number of amides is 1. The SMILES string of the molecule is CCSCc1ccc(C(=O)NCC(N)c2ccccc2)cc1. The molecule has 1 atom stereocenters. The number of hydrogen-bond donors (Lipinski definition) is 2. The molecule has 0 aliphatic rings. The Morgan fingerprint density at radius 2 is 1.82 bits per heavy atom. The average molecular weight is 314 g/mol. The van der Waals surface area contributed by atoms with Crippen LogP contribution in [-0.4, -0.2) is 18.2 Å². The van der Waals surface area contributed by atoms with E-state index in [-0.39, 0.29) is 11.9 Å². The van der Waals surface area contributed by atoms with Gasteiger partial charge < -0.3 is 11.1 Å². The normalized spacial score (nSPS) is 11.9. The molecule has 4 heteroatoms. The Bertz CT molecular complexity index is 584. The molecule has 1 unspecified atom stereocenters. The van der Waals surface area contributed by atoms with Crippen LogP contribution in [0.15, 0.2) is 54.6 Å². The number of carbonyl (C=O) groups is 1. The van der Waals surface area contributed by atoms with Gasteiger partial charge in [-0.3, -0.25) is 4.79 Å². The van der Waals surface area contributed by atoms with E-state index in [2.05, 4.69) is 12.2 Å². The predicted octanol–water partition coefficient (Wildman–Crippen LogP) is 3.37. The fourth-order valence-electron chi connectivity index (χ4n) is 2.10. The highest BCUT2D eigenvalue weighted by molar-refractivity contribution is 7.98. The maximum Gasteiger partial charge on any atom is 0.251 e. The second-order valence-electron chi connectivity index (χ2n) is 5.06. The van der Waals surface area contributed by atoms with E-state index in [1.807, 2.05) is 66.4 Å². The third kappa shape index (κ3) is 4.90. The number of hydrogen-bond acceptors (Lipinski definition) is 3. The second-order valence-corrected chi connectivity index (χ2v) is 6.34.